The standard InChI is InChI=1S/C17H15ClF2N2O3S/c18-12-2-1-3-13(16(12)26-17(19)20)22-15(24)9-25-11-6-4-10(5-7-11)8-14(21)23/h1-7,17H,8-9H2,(H2,21,23)(H,22,24). The normalized spacial score (nSPS) is 10.6. The SMILES string of the molecule is NC(=O)Cc1ccc(OCC(=O)Nc2cccc(Cl)c2SC(F)F)cc1. The molecular formula is C17H15ClF2N2O3S. The number of hydrogen-bond donors (Lipinski definition) is 2. The van der Waals surface area contributed by atoms with Gasteiger partial charge in [-0.2, -0.15) is 8.78 Å². The number of hydrogen-bond acceptors (Lipinski definition) is 4. The van der Waals surface area contributed by atoms with Crippen molar-refractivity contribution < 1.29 is 23.1 Å². The summed E-state index contributed by atoms with van der Waals surface area (Å²) < 4.78 is 30.6. The maximum absolute atomic E-state index is 12.6. The largest absolute Gasteiger partial charge is 0.484 e. The molecule has 0 aromatic heterocycles. The lowest BCUT2D eigenvalue weighted by atomic mass is 10.1. The van der Waals surface area contributed by atoms with Crippen molar-refractivity contribution in [2.75, 3.05) is 11.9 Å². The van der Waals surface area contributed by atoms with Crippen LogP contribution in [0.5, 0.6) is 5.75 Å². The fourth-order valence-corrected chi connectivity index (χ4v) is 2.97. The number of alkyl halides is 2. The van der Waals surface area contributed by atoms with Crippen LogP contribution in [0.3, 0.4) is 0 Å². The van der Waals surface area contributed by atoms with E-state index in [0.717, 1.165) is 5.56 Å². The molecule has 0 spiro atoms. The summed E-state index contributed by atoms with van der Waals surface area (Å²) >= 11 is 6.17. The molecule has 2 aromatic carbocycles. The lowest BCUT2D eigenvalue weighted by molar-refractivity contribution is -0.118. The lowest BCUT2D eigenvalue weighted by Gasteiger charge is -2.12. The van der Waals surface area contributed by atoms with E-state index in [2.05, 4.69) is 5.32 Å². The Hall–Kier alpha value is -2.32. The van der Waals surface area contributed by atoms with E-state index in [1.54, 1.807) is 30.3 Å². The Morgan fingerprint density at radius 2 is 1.88 bits per heavy atom. The fraction of sp³-hybridized carbons (Fsp3) is 0.176. The first-order valence-corrected chi connectivity index (χ1v) is 8.64. The van der Waals surface area contributed by atoms with Crippen LogP contribution in [0.15, 0.2) is 47.4 Å². The highest BCUT2D eigenvalue weighted by Crippen LogP contribution is 2.37. The zero-order valence-corrected chi connectivity index (χ0v) is 14.9. The lowest BCUT2D eigenvalue weighted by Crippen LogP contribution is -2.20. The minimum absolute atomic E-state index is 0.0910. The van der Waals surface area contributed by atoms with Crippen LogP contribution in [0.2, 0.25) is 5.02 Å². The molecule has 0 fully saturated rings. The van der Waals surface area contributed by atoms with Crippen LogP contribution in [-0.4, -0.2) is 24.2 Å². The molecule has 0 aliphatic carbocycles. The van der Waals surface area contributed by atoms with Crippen LogP contribution >= 0.6 is 23.4 Å². The number of carbonyl (C=O) groups excluding carboxylic acids is 2. The van der Waals surface area contributed by atoms with Crippen molar-refractivity contribution >= 4 is 40.9 Å². The maximum Gasteiger partial charge on any atom is 0.289 e. The van der Waals surface area contributed by atoms with E-state index in [9.17, 15) is 18.4 Å². The van der Waals surface area contributed by atoms with Gasteiger partial charge < -0.3 is 15.8 Å². The number of nitrogens with two attached hydrogens (primary N) is 1. The Balaban J connectivity index is 1.95. The zero-order chi connectivity index (χ0) is 19.1. The van der Waals surface area contributed by atoms with Gasteiger partial charge in [0.2, 0.25) is 5.91 Å². The van der Waals surface area contributed by atoms with E-state index >= 15 is 0 Å². The summed E-state index contributed by atoms with van der Waals surface area (Å²) in [6.07, 6.45) is 0.111. The van der Waals surface area contributed by atoms with Crippen molar-refractivity contribution in [3.05, 3.63) is 53.1 Å². The number of ether oxygens (including phenoxy) is 1. The molecule has 0 saturated heterocycles. The number of halogens is 3. The van der Waals surface area contributed by atoms with Crippen molar-refractivity contribution in [3.63, 3.8) is 0 Å². The van der Waals surface area contributed by atoms with Gasteiger partial charge in [-0.05, 0) is 29.8 Å². The highest BCUT2D eigenvalue weighted by atomic mass is 35.5. The van der Waals surface area contributed by atoms with Gasteiger partial charge in [-0.15, -0.1) is 0 Å². The molecule has 2 aromatic rings. The van der Waals surface area contributed by atoms with Gasteiger partial charge in [-0.1, -0.05) is 41.6 Å². The summed E-state index contributed by atoms with van der Waals surface area (Å²) in [5, 5.41) is 2.62. The van der Waals surface area contributed by atoms with E-state index in [4.69, 9.17) is 22.1 Å². The van der Waals surface area contributed by atoms with Gasteiger partial charge in [0.25, 0.3) is 11.7 Å². The van der Waals surface area contributed by atoms with Crippen LogP contribution < -0.4 is 15.8 Å². The van der Waals surface area contributed by atoms with Gasteiger partial charge in [0.05, 0.1) is 22.0 Å². The second kappa shape index (κ2) is 9.40. The Labute approximate surface area is 157 Å². The molecule has 0 unspecified atom stereocenters. The molecule has 0 atom stereocenters. The first kappa shape index (κ1) is 20.0. The van der Waals surface area contributed by atoms with Gasteiger partial charge >= 0.3 is 0 Å². The summed E-state index contributed by atoms with van der Waals surface area (Å²) in [7, 11) is 0. The molecule has 0 heterocycles. The number of amides is 2. The molecule has 2 amide bonds. The third-order valence-corrected chi connectivity index (χ3v) is 4.40. The predicted molar refractivity (Wildman–Crippen MR) is 96.8 cm³/mol. The van der Waals surface area contributed by atoms with Gasteiger partial charge in [-0.25, -0.2) is 0 Å². The molecule has 0 aliphatic rings. The van der Waals surface area contributed by atoms with Crippen LogP contribution in [0.4, 0.5) is 14.5 Å². The zero-order valence-electron chi connectivity index (χ0n) is 13.4. The monoisotopic (exact) mass is 400 g/mol. The number of primary amides is 1. The van der Waals surface area contributed by atoms with Crippen LogP contribution in [0.25, 0.3) is 0 Å². The Kier molecular flexibility index (Phi) is 7.23. The molecular weight excluding hydrogens is 386 g/mol. The minimum Gasteiger partial charge on any atom is -0.484 e. The predicted octanol–water partition coefficient (Wildman–Crippen LogP) is 3.70. The number of rotatable bonds is 8. The Morgan fingerprint density at radius 3 is 2.50 bits per heavy atom. The average molecular weight is 401 g/mol. The van der Waals surface area contributed by atoms with Gasteiger partial charge in [0.15, 0.2) is 6.61 Å². The number of nitrogens with one attached hydrogen (secondary N) is 1. The number of benzene rings is 2. The van der Waals surface area contributed by atoms with E-state index in [-0.39, 0.29) is 40.4 Å². The van der Waals surface area contributed by atoms with Gasteiger partial charge in [-0.3, -0.25) is 9.59 Å². The van der Waals surface area contributed by atoms with Crippen molar-refractivity contribution in [2.45, 2.75) is 17.1 Å². The summed E-state index contributed by atoms with van der Waals surface area (Å²) in [5.74, 6) is -3.22. The molecule has 9 heteroatoms. The molecule has 138 valence electrons. The van der Waals surface area contributed by atoms with Gasteiger partial charge in [0.1, 0.15) is 5.75 Å². The average Bonchev–Trinajstić information content (AvgIpc) is 2.56. The maximum atomic E-state index is 12.6. The minimum atomic E-state index is -2.67. The second-order valence-electron chi connectivity index (χ2n) is 5.12. The van der Waals surface area contributed by atoms with E-state index in [1.807, 2.05) is 0 Å². The molecule has 0 radical (unpaired) electrons. The summed E-state index contributed by atoms with van der Waals surface area (Å²) in [6, 6.07) is 11.0. The van der Waals surface area contributed by atoms with Crippen molar-refractivity contribution in [2.24, 2.45) is 5.73 Å². The third kappa shape index (κ3) is 6.20. The first-order chi connectivity index (χ1) is 12.3. The van der Waals surface area contributed by atoms with E-state index < -0.39 is 17.6 Å². The summed E-state index contributed by atoms with van der Waals surface area (Å²) in [5.41, 5.74) is 6.02. The van der Waals surface area contributed by atoms with Crippen molar-refractivity contribution in [1.82, 2.24) is 0 Å². The Bertz CT molecular complexity index is 788. The van der Waals surface area contributed by atoms with Crippen molar-refractivity contribution in [1.29, 1.82) is 0 Å². The molecule has 0 bridgehead atoms. The third-order valence-electron chi connectivity index (χ3n) is 3.12. The number of thioether (sulfide) groups is 1. The highest BCUT2D eigenvalue weighted by molar-refractivity contribution is 7.99. The molecule has 5 nitrogen and oxygen atoms in total. The van der Waals surface area contributed by atoms with Crippen molar-refractivity contribution in [3.8, 4) is 5.75 Å². The van der Waals surface area contributed by atoms with Crippen LogP contribution in [0, 0.1) is 0 Å². The number of carbonyl (C=O) groups is 2. The highest BCUT2D eigenvalue weighted by Gasteiger charge is 2.15. The topological polar surface area (TPSA) is 81.4 Å². The molecule has 0 saturated carbocycles. The second-order valence-corrected chi connectivity index (χ2v) is 6.53. The molecule has 0 aliphatic heterocycles. The molecule has 3 N–H and O–H groups in total. The number of anilines is 1. The Morgan fingerprint density at radius 1 is 1.19 bits per heavy atom. The fourth-order valence-electron chi connectivity index (χ4n) is 2.06. The van der Waals surface area contributed by atoms with E-state index in [1.165, 1.54) is 12.1 Å². The van der Waals surface area contributed by atoms with Crippen LogP contribution in [-0.2, 0) is 16.0 Å². The molecule has 2 rings (SSSR count). The smallest absolute Gasteiger partial charge is 0.289 e. The summed E-state index contributed by atoms with van der Waals surface area (Å²) in [4.78, 5) is 22.9. The summed E-state index contributed by atoms with van der Waals surface area (Å²) in [6.45, 7) is -0.319. The van der Waals surface area contributed by atoms with Gasteiger partial charge in [0, 0.05) is 0 Å². The van der Waals surface area contributed by atoms with E-state index in [0.29, 0.717) is 5.75 Å². The van der Waals surface area contributed by atoms with Crippen LogP contribution in [0.1, 0.15) is 5.56 Å². The molecule has 26 heavy (non-hydrogen) atoms. The first-order valence-electron chi connectivity index (χ1n) is 7.38. The quantitative estimate of drug-likeness (QED) is 0.662.